The Kier molecular flexibility index (Phi) is 8.72. The first-order valence-electron chi connectivity index (χ1n) is 11.2. The molecule has 0 saturated carbocycles. The van der Waals surface area contributed by atoms with Gasteiger partial charge in [0.15, 0.2) is 0 Å². The monoisotopic (exact) mass is 614 g/mol. The number of rotatable bonds is 4. The summed E-state index contributed by atoms with van der Waals surface area (Å²) in [6.07, 6.45) is 3.09. The Labute approximate surface area is 222 Å². The minimum Gasteiger partial charge on any atom is -0.482 e. The van der Waals surface area contributed by atoms with Crippen LogP contribution in [-0.2, 0) is 10.3 Å². The van der Waals surface area contributed by atoms with Crippen molar-refractivity contribution in [2.45, 2.75) is 50.4 Å². The zero-order valence-corrected chi connectivity index (χ0v) is 23.3. The lowest BCUT2D eigenvalue weighted by molar-refractivity contribution is -0.127. The molecule has 1 unspecified atom stereocenters. The van der Waals surface area contributed by atoms with Crippen molar-refractivity contribution in [2.75, 3.05) is 26.0 Å². The number of pyridine rings is 1. The highest BCUT2D eigenvalue weighted by Gasteiger charge is 2.60. The Hall–Kier alpha value is -1.89. The number of halogens is 1. The van der Waals surface area contributed by atoms with Gasteiger partial charge in [-0.05, 0) is 48.0 Å². The molecule has 2 aliphatic rings. The van der Waals surface area contributed by atoms with E-state index < -0.39 is 16.8 Å². The fourth-order valence-corrected chi connectivity index (χ4v) is 6.39. The summed E-state index contributed by atoms with van der Waals surface area (Å²) in [4.78, 5) is 29.7. The van der Waals surface area contributed by atoms with Crippen molar-refractivity contribution in [2.24, 2.45) is 0 Å². The Morgan fingerprint density at radius 3 is 2.43 bits per heavy atom. The number of fused-ring (bicyclic) bond motifs is 1. The molecule has 2 aromatic rings. The maximum absolute atomic E-state index is 12.5. The van der Waals surface area contributed by atoms with E-state index in [1.165, 1.54) is 8.93 Å². The molecule has 1 fully saturated rings. The summed E-state index contributed by atoms with van der Waals surface area (Å²) in [6.45, 7) is 6.41. The molecule has 2 N–H and O–H groups in total. The zero-order valence-electron chi connectivity index (χ0n) is 20.3. The highest BCUT2D eigenvalue weighted by Crippen LogP contribution is 2.54. The summed E-state index contributed by atoms with van der Waals surface area (Å²) in [5.74, 6) is 1.02. The van der Waals surface area contributed by atoms with Gasteiger partial charge in [-0.1, -0.05) is 33.2 Å². The molecule has 10 heteroatoms. The van der Waals surface area contributed by atoms with Gasteiger partial charge in [-0.15, -0.1) is 0 Å². The molecule has 1 amide bonds. The molecule has 1 saturated heterocycles. The van der Waals surface area contributed by atoms with Gasteiger partial charge in [0, 0.05) is 55.5 Å². The first-order chi connectivity index (χ1) is 16.6. The minimum atomic E-state index is -1.23. The third-order valence-electron chi connectivity index (χ3n) is 6.20. The summed E-state index contributed by atoms with van der Waals surface area (Å²) in [5.41, 5.74) is 0.237. The number of benzene rings is 1. The van der Waals surface area contributed by atoms with Crippen molar-refractivity contribution in [1.82, 2.24) is 9.88 Å². The maximum Gasteiger partial charge on any atom is 0.410 e. The number of ether oxygens (including phenoxy) is 2. The first-order valence-corrected chi connectivity index (χ1v) is 14.8. The summed E-state index contributed by atoms with van der Waals surface area (Å²) in [5, 5.41) is 19.0. The summed E-state index contributed by atoms with van der Waals surface area (Å²) >= 11 is 2.19. The fourth-order valence-electron chi connectivity index (χ4n) is 4.46. The van der Waals surface area contributed by atoms with Crippen LogP contribution in [0.5, 0.6) is 5.75 Å². The van der Waals surface area contributed by atoms with Crippen LogP contribution in [0, 0.1) is 0 Å². The van der Waals surface area contributed by atoms with Crippen molar-refractivity contribution < 1.29 is 29.3 Å². The average Bonchev–Trinajstić information content (AvgIpc) is 3.07. The van der Waals surface area contributed by atoms with E-state index in [4.69, 9.17) is 14.6 Å². The number of hydrogen-bond donors (Lipinski definition) is 2. The lowest BCUT2D eigenvalue weighted by Crippen LogP contribution is -2.59. The molecule has 35 heavy (non-hydrogen) atoms. The van der Waals surface area contributed by atoms with E-state index in [1.807, 2.05) is 39.0 Å². The molecule has 1 aromatic heterocycles. The number of carbonyl (C=O) groups is 2. The van der Waals surface area contributed by atoms with Gasteiger partial charge >= 0.3 is 6.09 Å². The molecule has 3 heterocycles. The molecule has 4 rings (SSSR count). The Morgan fingerprint density at radius 1 is 1.26 bits per heavy atom. The van der Waals surface area contributed by atoms with E-state index >= 15 is 0 Å². The standard InChI is InChI=1S/C24H27IN2O5S.CH4O/c1-22(2,3)32-21(29)27-10-8-23(9-11-27)24(30,15-33-25)18-12-19(26-13-20(18)31-23)17-6-4-16(14-28)5-7-17;1-2/h4-7,12-14,30H,8-11,15H2,1-3H3;2H,1H3. The first kappa shape index (κ1) is 27.7. The second kappa shape index (κ2) is 11.0. The van der Waals surface area contributed by atoms with Gasteiger partial charge < -0.3 is 24.6 Å². The van der Waals surface area contributed by atoms with Gasteiger partial charge in [-0.25, -0.2) is 4.79 Å². The van der Waals surface area contributed by atoms with Crippen LogP contribution in [0.15, 0.2) is 36.5 Å². The number of likely N-dealkylation sites (tertiary alicyclic amines) is 1. The van der Waals surface area contributed by atoms with Gasteiger partial charge in [0.1, 0.15) is 28.8 Å². The normalized spacial score (nSPS) is 20.4. The number of aldehydes is 1. The van der Waals surface area contributed by atoms with Crippen molar-refractivity contribution >= 4 is 42.5 Å². The van der Waals surface area contributed by atoms with Crippen LogP contribution < -0.4 is 4.74 Å². The van der Waals surface area contributed by atoms with Gasteiger partial charge in [0.2, 0.25) is 0 Å². The number of hydrogen-bond acceptors (Lipinski definition) is 8. The van der Waals surface area contributed by atoms with E-state index in [-0.39, 0.29) is 6.09 Å². The Morgan fingerprint density at radius 2 is 1.89 bits per heavy atom. The molecule has 0 radical (unpaired) electrons. The van der Waals surface area contributed by atoms with Crippen molar-refractivity contribution in [1.29, 1.82) is 0 Å². The third kappa shape index (κ3) is 5.60. The van der Waals surface area contributed by atoms with Gasteiger partial charge in [-0.3, -0.25) is 9.78 Å². The van der Waals surface area contributed by atoms with Crippen LogP contribution in [0.3, 0.4) is 0 Å². The lowest BCUT2D eigenvalue weighted by atomic mass is 9.74. The Balaban J connectivity index is 0.00000167. The summed E-state index contributed by atoms with van der Waals surface area (Å²) in [7, 11) is 2.53. The van der Waals surface area contributed by atoms with Crippen LogP contribution in [0.25, 0.3) is 11.3 Å². The van der Waals surface area contributed by atoms with Crippen molar-refractivity contribution in [3.8, 4) is 17.0 Å². The SMILES string of the molecule is CC(C)(C)OC(=O)N1CCC2(CC1)Oc1cnc(-c3ccc(C=O)cc3)cc1C2(O)CSI.CO. The predicted molar refractivity (Wildman–Crippen MR) is 144 cm³/mol. The highest BCUT2D eigenvalue weighted by molar-refractivity contribution is 14.2. The summed E-state index contributed by atoms with van der Waals surface area (Å²) in [6, 6.07) is 9.06. The lowest BCUT2D eigenvalue weighted by Gasteiger charge is -2.45. The van der Waals surface area contributed by atoms with E-state index in [2.05, 4.69) is 26.2 Å². The van der Waals surface area contributed by atoms with Crippen LogP contribution in [-0.4, -0.2) is 69.6 Å². The van der Waals surface area contributed by atoms with Gasteiger partial charge in [0.25, 0.3) is 0 Å². The summed E-state index contributed by atoms with van der Waals surface area (Å²) < 4.78 is 11.9. The van der Waals surface area contributed by atoms with Crippen molar-refractivity contribution in [3.63, 3.8) is 0 Å². The molecule has 1 atom stereocenters. The second-order valence-electron chi connectivity index (χ2n) is 9.48. The smallest absolute Gasteiger partial charge is 0.410 e. The van der Waals surface area contributed by atoms with E-state index in [0.717, 1.165) is 19.0 Å². The van der Waals surface area contributed by atoms with Crippen LogP contribution in [0.1, 0.15) is 49.5 Å². The molecular weight excluding hydrogens is 583 g/mol. The Bertz CT molecular complexity index is 1050. The number of aliphatic hydroxyl groups excluding tert-OH is 1. The zero-order chi connectivity index (χ0) is 25.9. The largest absolute Gasteiger partial charge is 0.482 e. The third-order valence-corrected chi connectivity index (χ3v) is 7.66. The quantitative estimate of drug-likeness (QED) is 0.380. The fraction of sp³-hybridized carbons (Fsp3) is 0.480. The van der Waals surface area contributed by atoms with Gasteiger partial charge in [0.05, 0.1) is 11.9 Å². The molecule has 8 nitrogen and oxygen atoms in total. The molecule has 2 aliphatic heterocycles. The second-order valence-corrected chi connectivity index (χ2v) is 11.9. The molecule has 0 aliphatic carbocycles. The highest BCUT2D eigenvalue weighted by atomic mass is 127. The van der Waals surface area contributed by atoms with Crippen LogP contribution >= 0.6 is 30.1 Å². The molecule has 190 valence electrons. The molecule has 0 bridgehead atoms. The number of piperidine rings is 1. The topological polar surface area (TPSA) is 109 Å². The number of carbonyl (C=O) groups excluding carboxylic acids is 2. The number of amides is 1. The van der Waals surface area contributed by atoms with E-state index in [0.29, 0.717) is 54.3 Å². The number of aromatic nitrogens is 1. The van der Waals surface area contributed by atoms with E-state index in [1.54, 1.807) is 23.2 Å². The van der Waals surface area contributed by atoms with Crippen LogP contribution in [0.2, 0.25) is 0 Å². The maximum atomic E-state index is 12.5. The molecule has 1 spiro atoms. The number of nitrogens with zero attached hydrogens (tertiary/aromatic N) is 2. The minimum absolute atomic E-state index is 0.345. The predicted octanol–water partition coefficient (Wildman–Crippen LogP) is 4.60. The van der Waals surface area contributed by atoms with Crippen molar-refractivity contribution in [3.05, 3.63) is 47.7 Å². The molecule has 1 aromatic carbocycles. The van der Waals surface area contributed by atoms with Crippen LogP contribution in [0.4, 0.5) is 4.79 Å². The van der Waals surface area contributed by atoms with E-state index in [9.17, 15) is 14.7 Å². The van der Waals surface area contributed by atoms with Gasteiger partial charge in [-0.2, -0.15) is 0 Å². The number of aliphatic hydroxyl groups is 2. The average molecular weight is 615 g/mol. The molecular formula is C25H31IN2O6S.